The minimum absolute atomic E-state index is 0.0688. The van der Waals surface area contributed by atoms with Crippen LogP contribution < -0.4 is 0 Å². The van der Waals surface area contributed by atoms with Crippen LogP contribution in [0.5, 0.6) is 0 Å². The summed E-state index contributed by atoms with van der Waals surface area (Å²) in [6, 6.07) is 0. The summed E-state index contributed by atoms with van der Waals surface area (Å²) >= 11 is 0. The van der Waals surface area contributed by atoms with E-state index >= 15 is 0 Å². The van der Waals surface area contributed by atoms with Crippen LogP contribution in [0.4, 0.5) is 8.78 Å². The van der Waals surface area contributed by atoms with E-state index in [1.165, 1.54) is 13.2 Å². The molecule has 0 unspecified atom stereocenters. The van der Waals surface area contributed by atoms with Crippen molar-refractivity contribution >= 4 is 0 Å². The van der Waals surface area contributed by atoms with E-state index in [0.717, 1.165) is 5.57 Å². The molecular formula is C10H12F2O2. The highest BCUT2D eigenvalue weighted by Crippen LogP contribution is 2.21. The maximum absolute atomic E-state index is 12.0. The third kappa shape index (κ3) is 2.87. The Kier molecular flexibility index (Phi) is 3.68. The Bertz CT molecular complexity index is 290. The number of ether oxygens (including phenoxy) is 2. The van der Waals surface area contributed by atoms with Gasteiger partial charge in [-0.05, 0) is 25.5 Å². The van der Waals surface area contributed by atoms with Crippen LogP contribution in [0.2, 0.25) is 0 Å². The Morgan fingerprint density at radius 3 is 2.57 bits per heavy atom. The van der Waals surface area contributed by atoms with Gasteiger partial charge in [-0.2, -0.15) is 8.78 Å². The van der Waals surface area contributed by atoms with Crippen molar-refractivity contribution in [3.05, 3.63) is 35.3 Å². The molecule has 0 heterocycles. The van der Waals surface area contributed by atoms with Gasteiger partial charge in [0, 0.05) is 0 Å². The van der Waals surface area contributed by atoms with E-state index in [4.69, 9.17) is 4.74 Å². The Hall–Kier alpha value is -1.32. The first kappa shape index (κ1) is 10.8. The van der Waals surface area contributed by atoms with E-state index in [0.29, 0.717) is 12.2 Å². The Morgan fingerprint density at radius 2 is 2.00 bits per heavy atom. The van der Waals surface area contributed by atoms with Crippen molar-refractivity contribution in [1.82, 2.24) is 0 Å². The van der Waals surface area contributed by atoms with Crippen molar-refractivity contribution < 1.29 is 18.3 Å². The molecule has 0 saturated heterocycles. The molecule has 0 aliphatic heterocycles. The summed E-state index contributed by atoms with van der Waals surface area (Å²) < 4.78 is 33.2. The molecule has 2 nitrogen and oxygen atoms in total. The number of hydrogen-bond acceptors (Lipinski definition) is 2. The molecule has 0 bridgehead atoms. The molecule has 0 aromatic carbocycles. The van der Waals surface area contributed by atoms with Gasteiger partial charge in [0.15, 0.2) is 11.5 Å². The Labute approximate surface area is 81.5 Å². The average Bonchev–Trinajstić information content (AvgIpc) is 2.28. The molecule has 14 heavy (non-hydrogen) atoms. The topological polar surface area (TPSA) is 18.5 Å². The van der Waals surface area contributed by atoms with Gasteiger partial charge in [-0.3, -0.25) is 0 Å². The van der Waals surface area contributed by atoms with Gasteiger partial charge in [-0.15, -0.1) is 0 Å². The summed E-state index contributed by atoms with van der Waals surface area (Å²) in [6.07, 6.45) is 5.62. The summed E-state index contributed by atoms with van der Waals surface area (Å²) in [5.41, 5.74) is 1.06. The molecule has 1 rings (SSSR count). The zero-order valence-electron chi connectivity index (χ0n) is 8.09. The van der Waals surface area contributed by atoms with Crippen LogP contribution in [-0.2, 0) is 9.47 Å². The number of allylic oxidation sites excluding steroid dienone is 4. The fraction of sp³-hybridized carbons (Fsp3) is 0.400. The van der Waals surface area contributed by atoms with Gasteiger partial charge in [0.2, 0.25) is 0 Å². The van der Waals surface area contributed by atoms with Crippen molar-refractivity contribution in [3.8, 4) is 0 Å². The molecule has 0 aromatic rings. The summed E-state index contributed by atoms with van der Waals surface area (Å²) in [4.78, 5) is 0. The normalized spacial score (nSPS) is 16.8. The van der Waals surface area contributed by atoms with Gasteiger partial charge in [0.25, 0.3) is 0 Å². The molecule has 0 saturated carbocycles. The van der Waals surface area contributed by atoms with Gasteiger partial charge >= 0.3 is 6.61 Å². The molecule has 0 spiro atoms. The SMILES string of the molecule is COC1=CCC(C)=CC=C1OC(F)F. The predicted molar refractivity (Wildman–Crippen MR) is 48.6 cm³/mol. The second-order valence-electron chi connectivity index (χ2n) is 2.90. The fourth-order valence-corrected chi connectivity index (χ4v) is 1.10. The first-order chi connectivity index (χ1) is 6.63. The molecule has 0 fully saturated rings. The standard InChI is InChI=1S/C10H12F2O2/c1-7-3-5-8(13-2)9(6-4-7)14-10(11)12/h4-6,10H,3H2,1-2H3. The molecule has 0 aromatic heterocycles. The largest absolute Gasteiger partial charge is 0.493 e. The molecule has 0 amide bonds. The lowest BCUT2D eigenvalue weighted by molar-refractivity contribution is -0.0976. The van der Waals surface area contributed by atoms with Crippen LogP contribution in [0.25, 0.3) is 0 Å². The smallest absolute Gasteiger partial charge is 0.387 e. The highest BCUT2D eigenvalue weighted by atomic mass is 19.3. The van der Waals surface area contributed by atoms with Gasteiger partial charge in [-0.1, -0.05) is 11.6 Å². The minimum atomic E-state index is -2.83. The molecule has 1 aliphatic rings. The summed E-state index contributed by atoms with van der Waals surface area (Å²) in [5, 5.41) is 0. The van der Waals surface area contributed by atoms with Crippen molar-refractivity contribution in [2.45, 2.75) is 20.0 Å². The second kappa shape index (κ2) is 4.79. The Balaban J connectivity index is 2.85. The number of alkyl halides is 2. The number of halogens is 2. The lowest BCUT2D eigenvalue weighted by atomic mass is 10.2. The predicted octanol–water partition coefficient (Wildman–Crippen LogP) is 2.99. The lowest BCUT2D eigenvalue weighted by Gasteiger charge is -2.10. The summed E-state index contributed by atoms with van der Waals surface area (Å²) in [7, 11) is 1.43. The summed E-state index contributed by atoms with van der Waals surface area (Å²) in [6.45, 7) is -0.919. The van der Waals surface area contributed by atoms with Crippen molar-refractivity contribution in [2.75, 3.05) is 7.11 Å². The number of methoxy groups -OCH3 is 1. The van der Waals surface area contributed by atoms with Crippen LogP contribution in [0.3, 0.4) is 0 Å². The first-order valence-corrected chi connectivity index (χ1v) is 4.20. The van der Waals surface area contributed by atoms with Gasteiger partial charge < -0.3 is 9.47 Å². The minimum Gasteiger partial charge on any atom is -0.493 e. The van der Waals surface area contributed by atoms with Crippen molar-refractivity contribution in [1.29, 1.82) is 0 Å². The molecule has 4 heteroatoms. The number of hydrogen-bond donors (Lipinski definition) is 0. The highest BCUT2D eigenvalue weighted by Gasteiger charge is 2.13. The van der Waals surface area contributed by atoms with E-state index in [-0.39, 0.29) is 5.76 Å². The third-order valence-corrected chi connectivity index (χ3v) is 1.81. The van der Waals surface area contributed by atoms with Crippen LogP contribution in [0, 0.1) is 0 Å². The molecule has 0 atom stereocenters. The monoisotopic (exact) mass is 202 g/mol. The van der Waals surface area contributed by atoms with Crippen LogP contribution in [-0.4, -0.2) is 13.7 Å². The second-order valence-corrected chi connectivity index (χ2v) is 2.90. The molecule has 78 valence electrons. The van der Waals surface area contributed by atoms with Crippen LogP contribution in [0.1, 0.15) is 13.3 Å². The van der Waals surface area contributed by atoms with Crippen molar-refractivity contribution in [3.63, 3.8) is 0 Å². The zero-order chi connectivity index (χ0) is 10.6. The summed E-state index contributed by atoms with van der Waals surface area (Å²) in [5.74, 6) is 0.415. The first-order valence-electron chi connectivity index (χ1n) is 4.20. The maximum atomic E-state index is 12.0. The quantitative estimate of drug-likeness (QED) is 0.700. The van der Waals surface area contributed by atoms with Crippen LogP contribution >= 0.6 is 0 Å². The third-order valence-electron chi connectivity index (χ3n) is 1.81. The maximum Gasteiger partial charge on any atom is 0.387 e. The van der Waals surface area contributed by atoms with E-state index in [2.05, 4.69) is 4.74 Å². The van der Waals surface area contributed by atoms with E-state index in [1.807, 2.05) is 6.92 Å². The van der Waals surface area contributed by atoms with Gasteiger partial charge in [-0.25, -0.2) is 0 Å². The van der Waals surface area contributed by atoms with Crippen LogP contribution in [0.15, 0.2) is 35.3 Å². The lowest BCUT2D eigenvalue weighted by Crippen LogP contribution is -2.02. The van der Waals surface area contributed by atoms with E-state index in [9.17, 15) is 8.78 Å². The molecule has 0 N–H and O–H groups in total. The highest BCUT2D eigenvalue weighted by molar-refractivity contribution is 5.31. The fourth-order valence-electron chi connectivity index (χ4n) is 1.10. The van der Waals surface area contributed by atoms with Crippen molar-refractivity contribution in [2.24, 2.45) is 0 Å². The van der Waals surface area contributed by atoms with Gasteiger partial charge in [0.05, 0.1) is 7.11 Å². The Morgan fingerprint density at radius 1 is 1.29 bits per heavy atom. The average molecular weight is 202 g/mol. The molecule has 0 radical (unpaired) electrons. The number of rotatable bonds is 3. The van der Waals surface area contributed by atoms with E-state index < -0.39 is 6.61 Å². The van der Waals surface area contributed by atoms with E-state index in [1.54, 1.807) is 12.2 Å². The zero-order valence-corrected chi connectivity index (χ0v) is 8.09. The molecule has 1 aliphatic carbocycles. The molecular weight excluding hydrogens is 190 g/mol. The van der Waals surface area contributed by atoms with Gasteiger partial charge in [0.1, 0.15) is 0 Å².